The number of nitrogens with zero attached hydrogens (tertiary/aromatic N) is 3. The van der Waals surface area contributed by atoms with E-state index in [9.17, 15) is 0 Å². The number of benzene rings is 2. The summed E-state index contributed by atoms with van der Waals surface area (Å²) in [6.45, 7) is 3.70. The first-order valence-electron chi connectivity index (χ1n) is 12.6. The monoisotopic (exact) mass is 477 g/mol. The van der Waals surface area contributed by atoms with Crippen LogP contribution in [-0.2, 0) is 6.54 Å². The molecule has 1 fully saturated rings. The molecule has 182 valence electrons. The fourth-order valence-corrected chi connectivity index (χ4v) is 4.89. The van der Waals surface area contributed by atoms with E-state index in [-0.39, 0.29) is 0 Å². The third-order valence-corrected chi connectivity index (χ3v) is 6.88. The van der Waals surface area contributed by atoms with Crippen molar-refractivity contribution in [1.29, 1.82) is 0 Å². The fourth-order valence-electron chi connectivity index (χ4n) is 4.89. The van der Waals surface area contributed by atoms with Crippen molar-refractivity contribution in [2.75, 3.05) is 25.1 Å². The summed E-state index contributed by atoms with van der Waals surface area (Å²) in [4.78, 5) is 8.03. The molecule has 4 N–H and O–H groups in total. The van der Waals surface area contributed by atoms with Crippen molar-refractivity contribution in [3.05, 3.63) is 91.0 Å². The van der Waals surface area contributed by atoms with Crippen LogP contribution in [0.2, 0.25) is 0 Å². The summed E-state index contributed by atoms with van der Waals surface area (Å²) in [6, 6.07) is 21.7. The van der Waals surface area contributed by atoms with Gasteiger partial charge in [-0.05, 0) is 55.3 Å². The van der Waals surface area contributed by atoms with E-state index >= 15 is 0 Å². The van der Waals surface area contributed by atoms with E-state index in [4.69, 9.17) is 4.98 Å². The van der Waals surface area contributed by atoms with Gasteiger partial charge in [0.25, 0.3) is 0 Å². The summed E-state index contributed by atoms with van der Waals surface area (Å²) in [6.07, 6.45) is 10.3. The molecule has 2 aromatic carbocycles. The van der Waals surface area contributed by atoms with Gasteiger partial charge in [0.05, 0.1) is 19.4 Å². The van der Waals surface area contributed by atoms with E-state index < -0.39 is 0 Å². The Balaban J connectivity index is 1.20. The number of H-pyrrole nitrogens is 1. The Morgan fingerprint density at radius 1 is 0.917 bits per heavy atom. The minimum absolute atomic E-state index is 0.581. The summed E-state index contributed by atoms with van der Waals surface area (Å²) in [5, 5.41) is 16.2. The van der Waals surface area contributed by atoms with Gasteiger partial charge in [-0.3, -0.25) is 10.00 Å². The smallest absolute Gasteiger partial charge is 0.137 e. The van der Waals surface area contributed by atoms with Crippen LogP contribution in [0.15, 0.2) is 85.5 Å². The second-order valence-electron chi connectivity index (χ2n) is 9.40. The van der Waals surface area contributed by atoms with Crippen LogP contribution >= 0.6 is 0 Å². The lowest BCUT2D eigenvalue weighted by Gasteiger charge is -2.24. The molecule has 6 rings (SSSR count). The molecule has 0 aliphatic carbocycles. The minimum Gasteiger partial charge on any atom is -0.372 e. The Morgan fingerprint density at radius 3 is 2.69 bits per heavy atom. The number of aromatic nitrogens is 4. The van der Waals surface area contributed by atoms with Crippen LogP contribution in [0.25, 0.3) is 33.3 Å². The summed E-state index contributed by atoms with van der Waals surface area (Å²) in [5.74, 6) is 0. The van der Waals surface area contributed by atoms with Gasteiger partial charge in [-0.1, -0.05) is 42.5 Å². The first-order valence-corrected chi connectivity index (χ1v) is 12.6. The fraction of sp³-hybridized carbons (Fsp3) is 0.241. The maximum Gasteiger partial charge on any atom is 0.137 e. The Bertz CT molecular complexity index is 1430. The van der Waals surface area contributed by atoms with Crippen molar-refractivity contribution in [3.63, 3.8) is 0 Å². The van der Waals surface area contributed by atoms with E-state index in [1.54, 1.807) is 0 Å². The number of pyridine rings is 1. The third kappa shape index (κ3) is 5.03. The Kier molecular flexibility index (Phi) is 6.48. The minimum atomic E-state index is 0.581. The van der Waals surface area contributed by atoms with Gasteiger partial charge < -0.3 is 15.6 Å². The van der Waals surface area contributed by atoms with Gasteiger partial charge in [-0.2, -0.15) is 5.10 Å². The van der Waals surface area contributed by atoms with E-state index in [0.29, 0.717) is 6.04 Å². The SMILES string of the molecule is c1ccc(Cn2cc(-c3c[nH]c4ncc(-c5cccc(NCNC6CCNCC6)c5)cc34)cn2)cc1. The van der Waals surface area contributed by atoms with Crippen LogP contribution in [0.1, 0.15) is 18.4 Å². The number of hydrogen-bond donors (Lipinski definition) is 4. The molecule has 0 amide bonds. The number of fused-ring (bicyclic) bond motifs is 1. The second kappa shape index (κ2) is 10.4. The summed E-state index contributed by atoms with van der Waals surface area (Å²) in [5.41, 5.74) is 7.64. The van der Waals surface area contributed by atoms with Gasteiger partial charge in [0.2, 0.25) is 0 Å². The molecule has 4 heterocycles. The van der Waals surface area contributed by atoms with E-state index in [0.717, 1.165) is 65.3 Å². The maximum absolute atomic E-state index is 4.71. The van der Waals surface area contributed by atoms with Crippen LogP contribution in [-0.4, -0.2) is 45.5 Å². The van der Waals surface area contributed by atoms with Gasteiger partial charge in [-0.25, -0.2) is 4.98 Å². The average Bonchev–Trinajstić information content (AvgIpc) is 3.56. The Morgan fingerprint density at radius 2 is 1.81 bits per heavy atom. The van der Waals surface area contributed by atoms with E-state index in [1.165, 1.54) is 18.4 Å². The van der Waals surface area contributed by atoms with E-state index in [1.807, 2.05) is 29.3 Å². The zero-order chi connectivity index (χ0) is 24.2. The first-order chi connectivity index (χ1) is 17.8. The van der Waals surface area contributed by atoms with Crippen molar-refractivity contribution in [2.45, 2.75) is 25.4 Å². The summed E-state index contributed by atoms with van der Waals surface area (Å²) >= 11 is 0. The number of piperidine rings is 1. The number of aromatic amines is 1. The van der Waals surface area contributed by atoms with Crippen LogP contribution in [0.5, 0.6) is 0 Å². The quantitative estimate of drug-likeness (QED) is 0.240. The van der Waals surface area contributed by atoms with Crippen molar-refractivity contribution in [3.8, 4) is 22.3 Å². The molecule has 0 radical (unpaired) electrons. The molecule has 7 nitrogen and oxygen atoms in total. The topological polar surface area (TPSA) is 82.6 Å². The van der Waals surface area contributed by atoms with Crippen molar-refractivity contribution >= 4 is 16.7 Å². The molecule has 5 aromatic rings. The predicted octanol–water partition coefficient (Wildman–Crippen LogP) is 4.85. The molecule has 0 atom stereocenters. The normalized spacial score (nSPS) is 14.3. The molecular formula is C29H31N7. The van der Waals surface area contributed by atoms with E-state index in [2.05, 4.69) is 86.8 Å². The lowest BCUT2D eigenvalue weighted by Crippen LogP contribution is -2.41. The Hall–Kier alpha value is -3.94. The zero-order valence-electron chi connectivity index (χ0n) is 20.2. The molecule has 0 bridgehead atoms. The van der Waals surface area contributed by atoms with Crippen LogP contribution in [0, 0.1) is 0 Å². The highest BCUT2D eigenvalue weighted by Gasteiger charge is 2.13. The molecular weight excluding hydrogens is 446 g/mol. The first kappa shape index (κ1) is 22.5. The number of anilines is 1. The molecule has 1 aliphatic rings. The number of rotatable bonds is 8. The Labute approximate surface area is 211 Å². The molecule has 36 heavy (non-hydrogen) atoms. The zero-order valence-corrected chi connectivity index (χ0v) is 20.2. The number of hydrogen-bond acceptors (Lipinski definition) is 5. The lowest BCUT2D eigenvalue weighted by atomic mass is 10.0. The molecule has 0 unspecified atom stereocenters. The molecule has 3 aromatic heterocycles. The highest BCUT2D eigenvalue weighted by molar-refractivity contribution is 5.95. The molecule has 1 aliphatic heterocycles. The van der Waals surface area contributed by atoms with Gasteiger partial charge in [0.15, 0.2) is 0 Å². The summed E-state index contributed by atoms with van der Waals surface area (Å²) in [7, 11) is 0. The van der Waals surface area contributed by atoms with Gasteiger partial charge in [0.1, 0.15) is 5.65 Å². The second-order valence-corrected chi connectivity index (χ2v) is 9.40. The van der Waals surface area contributed by atoms with Crippen LogP contribution < -0.4 is 16.0 Å². The molecule has 0 saturated carbocycles. The predicted molar refractivity (Wildman–Crippen MR) is 146 cm³/mol. The standard InChI is InChI=1S/C29H31N7/c1-2-5-21(6-3-1)18-36-19-24(16-35-36)28-17-32-29-27(28)14-23(15-31-29)22-7-4-8-26(13-22)34-20-33-25-9-11-30-12-10-25/h1-8,13-17,19,25,30,33-34H,9-12,18,20H2,(H,31,32). The van der Waals surface area contributed by atoms with Crippen molar-refractivity contribution < 1.29 is 0 Å². The van der Waals surface area contributed by atoms with Crippen molar-refractivity contribution in [2.24, 2.45) is 0 Å². The van der Waals surface area contributed by atoms with Gasteiger partial charge in [-0.15, -0.1) is 0 Å². The number of nitrogens with one attached hydrogen (secondary N) is 4. The largest absolute Gasteiger partial charge is 0.372 e. The lowest BCUT2D eigenvalue weighted by molar-refractivity contribution is 0.396. The molecule has 1 saturated heterocycles. The van der Waals surface area contributed by atoms with Gasteiger partial charge >= 0.3 is 0 Å². The molecule has 0 spiro atoms. The average molecular weight is 478 g/mol. The summed E-state index contributed by atoms with van der Waals surface area (Å²) < 4.78 is 1.98. The highest BCUT2D eigenvalue weighted by atomic mass is 15.3. The van der Waals surface area contributed by atoms with Gasteiger partial charge in [0, 0.05) is 52.4 Å². The van der Waals surface area contributed by atoms with Crippen molar-refractivity contribution in [1.82, 2.24) is 30.4 Å². The third-order valence-electron chi connectivity index (χ3n) is 6.88. The van der Waals surface area contributed by atoms with Crippen LogP contribution in [0.3, 0.4) is 0 Å². The van der Waals surface area contributed by atoms with Crippen LogP contribution in [0.4, 0.5) is 5.69 Å². The highest BCUT2D eigenvalue weighted by Crippen LogP contribution is 2.31. The molecule has 7 heteroatoms. The maximum atomic E-state index is 4.71.